The number of allylic oxidation sites excluding steroid dienone is 18. The van der Waals surface area contributed by atoms with Crippen LogP contribution in [0, 0.1) is 0 Å². The molecule has 2 unspecified atom stereocenters. The summed E-state index contributed by atoms with van der Waals surface area (Å²) in [6.45, 7) is 4.46. The van der Waals surface area contributed by atoms with Gasteiger partial charge < -0.3 is 33.3 Å². The second kappa shape index (κ2) is 48.4. The Morgan fingerprint density at radius 2 is 0.806 bits per heavy atom. The van der Waals surface area contributed by atoms with E-state index in [1.807, 2.05) is 21.1 Å². The second-order valence-electron chi connectivity index (χ2n) is 18.0. The van der Waals surface area contributed by atoms with Gasteiger partial charge in [0.25, 0.3) is 0 Å². The Balaban J connectivity index is 4.38. The van der Waals surface area contributed by atoms with Crippen molar-refractivity contribution in [1.29, 1.82) is 0 Å². The molecule has 0 amide bonds. The highest BCUT2D eigenvalue weighted by Crippen LogP contribution is 2.14. The molecule has 0 saturated heterocycles. The normalized spacial score (nSPS) is 13.7. The van der Waals surface area contributed by atoms with Crippen LogP contribution in [0.2, 0.25) is 0 Å². The zero-order chi connectivity index (χ0) is 49.2. The van der Waals surface area contributed by atoms with Crippen LogP contribution in [0.4, 0.5) is 0 Å². The van der Waals surface area contributed by atoms with E-state index in [-0.39, 0.29) is 38.6 Å². The Labute approximate surface area is 409 Å². The van der Waals surface area contributed by atoms with Crippen molar-refractivity contribution in [2.45, 2.75) is 193 Å². The largest absolute Gasteiger partial charge is 0.545 e. The minimum atomic E-state index is -1.64. The van der Waals surface area contributed by atoms with Gasteiger partial charge in [0, 0.05) is 12.8 Å². The van der Waals surface area contributed by atoms with Crippen LogP contribution in [-0.2, 0) is 33.3 Å². The molecule has 9 nitrogen and oxygen atoms in total. The third-order valence-corrected chi connectivity index (χ3v) is 10.5. The van der Waals surface area contributed by atoms with Gasteiger partial charge in [0.15, 0.2) is 12.4 Å². The summed E-state index contributed by atoms with van der Waals surface area (Å²) in [6, 6.07) is 0. The standard InChI is InChI=1S/C58H95NO8/c1-6-8-10-12-14-16-18-20-22-24-25-26-27-28-29-30-31-33-35-37-39-41-43-45-47-49-56(61)67-54(53-66-58(57(62)63)64-51-50-59(3,4)5)52-65-55(60)48-46-44-42-40-38-36-34-32-23-21-19-17-15-13-11-9-7-2/h8-11,14-17,20-23,25-26,28-29,34,36,54,58H,6-7,12-13,18-19,24,27,30-33,35,37-53H2,1-5H3/b10-8-,11-9-,16-14-,17-15-,22-20-,23-21-,26-25-,29-28-,36-34-. The van der Waals surface area contributed by atoms with Crippen LogP contribution in [0.1, 0.15) is 181 Å². The highest BCUT2D eigenvalue weighted by Gasteiger charge is 2.21. The lowest BCUT2D eigenvalue weighted by molar-refractivity contribution is -0.870. The van der Waals surface area contributed by atoms with E-state index in [9.17, 15) is 19.5 Å². The molecule has 0 rings (SSSR count). The topological polar surface area (TPSA) is 111 Å². The summed E-state index contributed by atoms with van der Waals surface area (Å²) >= 11 is 0. The van der Waals surface area contributed by atoms with Crippen molar-refractivity contribution in [2.75, 3.05) is 47.5 Å². The lowest BCUT2D eigenvalue weighted by atomic mass is 10.1. The first kappa shape index (κ1) is 63.0. The van der Waals surface area contributed by atoms with Gasteiger partial charge in [-0.05, 0) is 96.3 Å². The number of ether oxygens (including phenoxy) is 4. The summed E-state index contributed by atoms with van der Waals surface area (Å²) in [7, 11) is 5.89. The van der Waals surface area contributed by atoms with Gasteiger partial charge in [-0.2, -0.15) is 0 Å². The first-order valence-electron chi connectivity index (χ1n) is 26.0. The fraction of sp³-hybridized carbons (Fsp3) is 0.638. The maximum absolute atomic E-state index is 12.8. The third-order valence-electron chi connectivity index (χ3n) is 10.5. The Morgan fingerprint density at radius 3 is 1.19 bits per heavy atom. The van der Waals surface area contributed by atoms with Crippen LogP contribution < -0.4 is 5.11 Å². The maximum Gasteiger partial charge on any atom is 0.306 e. The quantitative estimate of drug-likeness (QED) is 0.0195. The number of quaternary nitrogens is 1. The van der Waals surface area contributed by atoms with E-state index in [2.05, 4.69) is 123 Å². The molecular weight excluding hydrogens is 839 g/mol. The van der Waals surface area contributed by atoms with Crippen LogP contribution in [-0.4, -0.2) is 82.3 Å². The summed E-state index contributed by atoms with van der Waals surface area (Å²) in [5.41, 5.74) is 0. The number of carbonyl (C=O) groups is 3. The van der Waals surface area contributed by atoms with Crippen molar-refractivity contribution < 1.29 is 42.9 Å². The number of rotatable bonds is 46. The smallest absolute Gasteiger partial charge is 0.306 e. The van der Waals surface area contributed by atoms with Crippen molar-refractivity contribution in [3.63, 3.8) is 0 Å². The van der Waals surface area contributed by atoms with Gasteiger partial charge in [0.05, 0.1) is 40.3 Å². The lowest BCUT2D eigenvalue weighted by Gasteiger charge is -2.26. The summed E-state index contributed by atoms with van der Waals surface area (Å²) in [5, 5.41) is 11.7. The molecule has 0 aliphatic carbocycles. The zero-order valence-corrected chi connectivity index (χ0v) is 43.0. The van der Waals surface area contributed by atoms with Gasteiger partial charge in [-0.15, -0.1) is 0 Å². The average molecular weight is 934 g/mol. The van der Waals surface area contributed by atoms with E-state index in [1.165, 1.54) is 32.1 Å². The summed E-state index contributed by atoms with van der Waals surface area (Å²) < 4.78 is 22.6. The molecule has 0 spiro atoms. The minimum Gasteiger partial charge on any atom is -0.545 e. The van der Waals surface area contributed by atoms with Gasteiger partial charge in [-0.3, -0.25) is 9.59 Å². The minimum absolute atomic E-state index is 0.136. The Morgan fingerprint density at radius 1 is 0.448 bits per heavy atom. The number of nitrogens with zero attached hydrogens (tertiary/aromatic N) is 1. The number of carboxylic acid groups (broad SMARTS) is 1. The third kappa shape index (κ3) is 49.7. The molecule has 0 bridgehead atoms. The Hall–Kier alpha value is -4.05. The number of unbranched alkanes of at least 4 members (excludes halogenated alkanes) is 13. The Kier molecular flexibility index (Phi) is 45.5. The molecule has 0 aliphatic heterocycles. The molecule has 0 aromatic rings. The van der Waals surface area contributed by atoms with E-state index >= 15 is 0 Å². The summed E-state index contributed by atoms with van der Waals surface area (Å²) in [5.74, 6) is -2.34. The highest BCUT2D eigenvalue weighted by molar-refractivity contribution is 5.70. The predicted molar refractivity (Wildman–Crippen MR) is 278 cm³/mol. The van der Waals surface area contributed by atoms with Crippen molar-refractivity contribution in [3.8, 4) is 0 Å². The molecule has 0 aromatic heterocycles. The monoisotopic (exact) mass is 934 g/mol. The number of hydrogen-bond acceptors (Lipinski definition) is 8. The van der Waals surface area contributed by atoms with Gasteiger partial charge in [0.2, 0.25) is 0 Å². The van der Waals surface area contributed by atoms with E-state index in [0.717, 1.165) is 109 Å². The van der Waals surface area contributed by atoms with Crippen molar-refractivity contribution in [1.82, 2.24) is 0 Å². The molecule has 0 fully saturated rings. The maximum atomic E-state index is 12.8. The van der Waals surface area contributed by atoms with Gasteiger partial charge >= 0.3 is 11.9 Å². The molecule has 9 heteroatoms. The number of likely N-dealkylation sites (N-methyl/N-ethyl adjacent to an activating group) is 1. The molecule has 2 atom stereocenters. The van der Waals surface area contributed by atoms with Gasteiger partial charge in [-0.1, -0.05) is 181 Å². The number of hydrogen-bond donors (Lipinski definition) is 0. The van der Waals surface area contributed by atoms with Crippen LogP contribution >= 0.6 is 0 Å². The van der Waals surface area contributed by atoms with Crippen LogP contribution in [0.3, 0.4) is 0 Å². The predicted octanol–water partition coefficient (Wildman–Crippen LogP) is 13.4. The van der Waals surface area contributed by atoms with E-state index < -0.39 is 24.3 Å². The van der Waals surface area contributed by atoms with E-state index in [1.54, 1.807) is 0 Å². The molecule has 0 saturated carbocycles. The molecule has 0 N–H and O–H groups in total. The fourth-order valence-electron chi connectivity index (χ4n) is 6.55. The molecular formula is C58H95NO8. The molecule has 0 aliphatic rings. The number of esters is 2. The SMILES string of the molecule is CC/C=C\C/C=C\C/C=C\C/C=C\C/C=C\CCCCCCCCCCCC(=O)OC(COC(=O)CCCCCC/C=C\C/C=C\C/C=C\C/C=C\CC)COC(OCC[N+](C)(C)C)C(=O)[O-]. The van der Waals surface area contributed by atoms with E-state index in [4.69, 9.17) is 18.9 Å². The second-order valence-corrected chi connectivity index (χ2v) is 18.0. The molecule has 0 aromatic carbocycles. The number of carbonyl (C=O) groups excluding carboxylic acids is 3. The lowest BCUT2D eigenvalue weighted by Crippen LogP contribution is -2.44. The summed E-state index contributed by atoms with van der Waals surface area (Å²) in [6.07, 6.45) is 62.6. The van der Waals surface area contributed by atoms with Crippen molar-refractivity contribution >= 4 is 17.9 Å². The first-order chi connectivity index (χ1) is 32.6. The molecule has 67 heavy (non-hydrogen) atoms. The van der Waals surface area contributed by atoms with Gasteiger partial charge in [-0.25, -0.2) is 0 Å². The first-order valence-corrected chi connectivity index (χ1v) is 26.0. The zero-order valence-electron chi connectivity index (χ0n) is 43.0. The van der Waals surface area contributed by atoms with Crippen LogP contribution in [0.5, 0.6) is 0 Å². The fourth-order valence-corrected chi connectivity index (χ4v) is 6.55. The molecule has 380 valence electrons. The number of carboxylic acids is 1. The van der Waals surface area contributed by atoms with Crippen molar-refractivity contribution in [3.05, 3.63) is 109 Å². The van der Waals surface area contributed by atoms with Gasteiger partial charge in [0.1, 0.15) is 13.2 Å². The summed E-state index contributed by atoms with van der Waals surface area (Å²) in [4.78, 5) is 37.2. The van der Waals surface area contributed by atoms with Crippen LogP contribution in [0.15, 0.2) is 109 Å². The number of aliphatic carboxylic acids is 1. The van der Waals surface area contributed by atoms with Crippen molar-refractivity contribution in [2.24, 2.45) is 0 Å². The average Bonchev–Trinajstić information content (AvgIpc) is 3.29. The Bertz CT molecular complexity index is 1460. The van der Waals surface area contributed by atoms with E-state index in [0.29, 0.717) is 23.9 Å². The van der Waals surface area contributed by atoms with Crippen LogP contribution in [0.25, 0.3) is 0 Å². The molecule has 0 radical (unpaired) electrons. The highest BCUT2D eigenvalue weighted by atomic mass is 16.7. The molecule has 0 heterocycles.